The number of nitrogens with zero attached hydrogens (tertiary/aromatic N) is 2. The minimum absolute atomic E-state index is 0.197. The molecule has 1 heterocycles. The number of nitrogens with one attached hydrogen (secondary N) is 1. The highest BCUT2D eigenvalue weighted by Gasteiger charge is 2.15. The molecule has 28 heavy (non-hydrogen) atoms. The van der Waals surface area contributed by atoms with Crippen LogP contribution in [0.25, 0.3) is 0 Å². The first-order chi connectivity index (χ1) is 13.5. The number of hydrogen-bond acceptors (Lipinski definition) is 3. The van der Waals surface area contributed by atoms with Gasteiger partial charge in [0, 0.05) is 37.6 Å². The van der Waals surface area contributed by atoms with Crippen molar-refractivity contribution in [3.63, 3.8) is 0 Å². The van der Waals surface area contributed by atoms with Crippen LogP contribution in [0.15, 0.2) is 73.1 Å². The van der Waals surface area contributed by atoms with Crippen molar-refractivity contribution >= 4 is 23.4 Å². The molecule has 1 aromatic heterocycles. The number of hydrogen-bond donors (Lipinski definition) is 1. The van der Waals surface area contributed by atoms with Crippen LogP contribution in [0, 0.1) is 0 Å². The molecule has 5 nitrogen and oxygen atoms in total. The summed E-state index contributed by atoms with van der Waals surface area (Å²) in [7, 11) is 1.72. The summed E-state index contributed by atoms with van der Waals surface area (Å²) in [6, 6.07) is 18.6. The third-order valence-electron chi connectivity index (χ3n) is 4.25. The summed E-state index contributed by atoms with van der Waals surface area (Å²) >= 11 is 6.11. The maximum absolute atomic E-state index is 12.7. The Morgan fingerprint density at radius 3 is 2.43 bits per heavy atom. The number of benzene rings is 2. The van der Waals surface area contributed by atoms with E-state index in [-0.39, 0.29) is 11.8 Å². The molecule has 0 saturated heterocycles. The van der Waals surface area contributed by atoms with Gasteiger partial charge < -0.3 is 10.2 Å². The van der Waals surface area contributed by atoms with E-state index >= 15 is 0 Å². The number of rotatable bonds is 6. The van der Waals surface area contributed by atoms with Gasteiger partial charge in [-0.15, -0.1) is 0 Å². The molecule has 0 saturated carbocycles. The Bertz CT molecular complexity index is 976. The average Bonchev–Trinajstić information content (AvgIpc) is 2.73. The van der Waals surface area contributed by atoms with Crippen molar-refractivity contribution in [2.45, 2.75) is 13.1 Å². The Morgan fingerprint density at radius 2 is 1.68 bits per heavy atom. The van der Waals surface area contributed by atoms with Gasteiger partial charge in [-0.05, 0) is 23.3 Å². The molecule has 0 spiro atoms. The van der Waals surface area contributed by atoms with E-state index in [1.165, 1.54) is 12.4 Å². The van der Waals surface area contributed by atoms with Gasteiger partial charge in [-0.1, -0.05) is 60.1 Å². The lowest BCUT2D eigenvalue weighted by Gasteiger charge is -2.17. The molecule has 3 rings (SSSR count). The molecule has 2 aromatic carbocycles. The zero-order valence-corrected chi connectivity index (χ0v) is 16.2. The van der Waals surface area contributed by atoms with Gasteiger partial charge in [0.05, 0.1) is 11.1 Å². The van der Waals surface area contributed by atoms with Crippen molar-refractivity contribution in [3.8, 4) is 0 Å². The van der Waals surface area contributed by atoms with Crippen LogP contribution < -0.4 is 5.32 Å². The van der Waals surface area contributed by atoms with Crippen molar-refractivity contribution < 1.29 is 9.59 Å². The molecular formula is C22H20ClN3O2. The quantitative estimate of drug-likeness (QED) is 0.690. The molecule has 0 aliphatic rings. The molecule has 0 atom stereocenters. The van der Waals surface area contributed by atoms with E-state index in [9.17, 15) is 9.59 Å². The van der Waals surface area contributed by atoms with E-state index in [1.807, 2.05) is 48.5 Å². The lowest BCUT2D eigenvalue weighted by atomic mass is 10.1. The lowest BCUT2D eigenvalue weighted by Crippen LogP contribution is -2.27. The van der Waals surface area contributed by atoms with Crippen molar-refractivity contribution in [2.24, 2.45) is 0 Å². The van der Waals surface area contributed by atoms with Crippen LogP contribution in [0.1, 0.15) is 31.8 Å². The summed E-state index contributed by atoms with van der Waals surface area (Å²) in [6.07, 6.45) is 2.91. The first kappa shape index (κ1) is 19.6. The lowest BCUT2D eigenvalue weighted by molar-refractivity contribution is 0.0784. The van der Waals surface area contributed by atoms with E-state index in [0.29, 0.717) is 29.2 Å². The number of halogens is 1. The Hall–Kier alpha value is -3.18. The van der Waals surface area contributed by atoms with Gasteiger partial charge in [0.1, 0.15) is 0 Å². The van der Waals surface area contributed by atoms with E-state index < -0.39 is 0 Å². The Balaban J connectivity index is 1.66. The number of carbonyl (C=O) groups excluding carboxylic acids is 2. The fourth-order valence-electron chi connectivity index (χ4n) is 2.75. The molecule has 0 unspecified atom stereocenters. The second-order valence-corrected chi connectivity index (χ2v) is 6.79. The van der Waals surface area contributed by atoms with Crippen LogP contribution in [-0.2, 0) is 13.1 Å². The molecule has 2 amide bonds. The van der Waals surface area contributed by atoms with Gasteiger partial charge in [0.15, 0.2) is 0 Å². The van der Waals surface area contributed by atoms with Gasteiger partial charge in [-0.2, -0.15) is 0 Å². The van der Waals surface area contributed by atoms with Crippen LogP contribution in [0.5, 0.6) is 0 Å². The smallest absolute Gasteiger partial charge is 0.255 e. The third-order valence-corrected chi connectivity index (χ3v) is 4.62. The minimum atomic E-state index is -0.312. The second-order valence-electron chi connectivity index (χ2n) is 6.38. The van der Waals surface area contributed by atoms with Crippen molar-refractivity contribution in [1.29, 1.82) is 0 Å². The molecule has 0 radical (unpaired) electrons. The maximum Gasteiger partial charge on any atom is 0.255 e. The summed E-state index contributed by atoms with van der Waals surface area (Å²) in [5, 5.41) is 3.39. The fourth-order valence-corrected chi connectivity index (χ4v) is 2.95. The van der Waals surface area contributed by atoms with Gasteiger partial charge in [-0.25, -0.2) is 0 Å². The van der Waals surface area contributed by atoms with E-state index in [4.69, 9.17) is 11.6 Å². The van der Waals surface area contributed by atoms with Crippen LogP contribution in [0.4, 0.5) is 0 Å². The molecule has 0 bridgehead atoms. The number of aromatic nitrogens is 1. The van der Waals surface area contributed by atoms with Gasteiger partial charge in [0.25, 0.3) is 11.8 Å². The summed E-state index contributed by atoms with van der Waals surface area (Å²) in [6.45, 7) is 0.771. The van der Waals surface area contributed by atoms with E-state index in [2.05, 4.69) is 10.3 Å². The number of pyridine rings is 1. The van der Waals surface area contributed by atoms with E-state index in [0.717, 1.165) is 11.1 Å². The van der Waals surface area contributed by atoms with Gasteiger partial charge in [0.2, 0.25) is 0 Å². The number of amides is 2. The highest BCUT2D eigenvalue weighted by molar-refractivity contribution is 6.31. The standard InChI is InChI=1S/C22H20ClN3O2/c1-26(15-16-7-3-2-4-8-16)22(28)19-11-18(12-24-13-19)21(27)25-14-17-9-5-6-10-20(17)23/h2-13H,14-15H2,1H3,(H,25,27). The highest BCUT2D eigenvalue weighted by atomic mass is 35.5. The zero-order chi connectivity index (χ0) is 19.9. The number of carbonyl (C=O) groups is 2. The fraction of sp³-hybridized carbons (Fsp3) is 0.136. The monoisotopic (exact) mass is 393 g/mol. The molecule has 142 valence electrons. The molecule has 0 aliphatic heterocycles. The van der Waals surface area contributed by atoms with Crippen molar-refractivity contribution in [2.75, 3.05) is 7.05 Å². The zero-order valence-electron chi connectivity index (χ0n) is 15.4. The Labute approximate surface area is 169 Å². The molecular weight excluding hydrogens is 374 g/mol. The molecule has 0 fully saturated rings. The summed E-state index contributed by atoms with van der Waals surface area (Å²) in [5.74, 6) is -0.509. The first-order valence-electron chi connectivity index (χ1n) is 8.80. The summed E-state index contributed by atoms with van der Waals surface area (Å²) in [4.78, 5) is 30.8. The van der Waals surface area contributed by atoms with Crippen LogP contribution in [0.2, 0.25) is 5.02 Å². The predicted molar refractivity (Wildman–Crippen MR) is 109 cm³/mol. The molecule has 1 N–H and O–H groups in total. The van der Waals surface area contributed by atoms with Crippen LogP contribution >= 0.6 is 11.6 Å². The molecule has 6 heteroatoms. The van der Waals surface area contributed by atoms with Crippen LogP contribution in [-0.4, -0.2) is 28.7 Å². The molecule has 3 aromatic rings. The minimum Gasteiger partial charge on any atom is -0.348 e. The largest absolute Gasteiger partial charge is 0.348 e. The third kappa shape index (κ3) is 4.96. The second kappa shape index (κ2) is 9.15. The maximum atomic E-state index is 12.7. The normalized spacial score (nSPS) is 10.4. The summed E-state index contributed by atoms with van der Waals surface area (Å²) in [5.41, 5.74) is 2.54. The summed E-state index contributed by atoms with van der Waals surface area (Å²) < 4.78 is 0. The van der Waals surface area contributed by atoms with Gasteiger partial charge >= 0.3 is 0 Å². The topological polar surface area (TPSA) is 62.3 Å². The van der Waals surface area contributed by atoms with Crippen LogP contribution in [0.3, 0.4) is 0 Å². The Kier molecular flexibility index (Phi) is 6.40. The first-order valence-corrected chi connectivity index (χ1v) is 9.18. The van der Waals surface area contributed by atoms with E-state index in [1.54, 1.807) is 24.1 Å². The van der Waals surface area contributed by atoms with Crippen molar-refractivity contribution in [1.82, 2.24) is 15.2 Å². The predicted octanol–water partition coefficient (Wildman–Crippen LogP) is 3.94. The highest BCUT2D eigenvalue weighted by Crippen LogP contribution is 2.15. The molecule has 0 aliphatic carbocycles. The van der Waals surface area contributed by atoms with Gasteiger partial charge in [-0.3, -0.25) is 14.6 Å². The average molecular weight is 394 g/mol. The van der Waals surface area contributed by atoms with Crippen molar-refractivity contribution in [3.05, 3.63) is 100 Å². The SMILES string of the molecule is CN(Cc1ccccc1)C(=O)c1cncc(C(=O)NCc2ccccc2Cl)c1. The Morgan fingerprint density at radius 1 is 1.00 bits per heavy atom.